The molecule has 0 radical (unpaired) electrons. The maximum absolute atomic E-state index is 12.1. The summed E-state index contributed by atoms with van der Waals surface area (Å²) in [6.45, 7) is 0.131. The van der Waals surface area contributed by atoms with Gasteiger partial charge in [-0.15, -0.1) is 0 Å². The van der Waals surface area contributed by atoms with Gasteiger partial charge in [-0.3, -0.25) is 15.1 Å². The number of pyridine rings is 2. The molecule has 2 aromatic rings. The van der Waals surface area contributed by atoms with E-state index < -0.39 is 5.92 Å². The number of aldehydes is 1. The molecule has 1 fully saturated rings. The van der Waals surface area contributed by atoms with Gasteiger partial charge in [-0.25, -0.2) is 9.78 Å². The van der Waals surface area contributed by atoms with E-state index in [1.165, 1.54) is 0 Å². The van der Waals surface area contributed by atoms with Crippen molar-refractivity contribution in [2.45, 2.75) is 37.6 Å². The molecule has 136 valence electrons. The molecule has 1 atom stereocenters. The van der Waals surface area contributed by atoms with Gasteiger partial charge in [-0.05, 0) is 36.6 Å². The number of anilines is 1. The average molecular weight is 354 g/mol. The summed E-state index contributed by atoms with van der Waals surface area (Å²) >= 11 is 0. The summed E-state index contributed by atoms with van der Waals surface area (Å²) in [7, 11) is 0. The van der Waals surface area contributed by atoms with Crippen molar-refractivity contribution in [1.82, 2.24) is 15.3 Å². The Bertz CT molecular complexity index is 832. The van der Waals surface area contributed by atoms with Crippen molar-refractivity contribution in [2.75, 3.05) is 11.9 Å². The summed E-state index contributed by atoms with van der Waals surface area (Å²) in [6, 6.07) is 5.16. The third-order valence-electron chi connectivity index (χ3n) is 4.63. The monoisotopic (exact) mass is 354 g/mol. The van der Waals surface area contributed by atoms with Gasteiger partial charge in [0.1, 0.15) is 5.82 Å². The van der Waals surface area contributed by atoms with Gasteiger partial charge < -0.3 is 16.5 Å². The van der Waals surface area contributed by atoms with Gasteiger partial charge in [-0.2, -0.15) is 0 Å². The van der Waals surface area contributed by atoms with E-state index in [0.29, 0.717) is 28.7 Å². The van der Waals surface area contributed by atoms with Crippen LogP contribution < -0.4 is 16.4 Å². The predicted molar refractivity (Wildman–Crippen MR) is 99.5 cm³/mol. The van der Waals surface area contributed by atoms with Gasteiger partial charge in [0.25, 0.3) is 0 Å². The molecule has 1 saturated carbocycles. The third-order valence-corrected chi connectivity index (χ3v) is 4.63. The summed E-state index contributed by atoms with van der Waals surface area (Å²) < 4.78 is 0. The van der Waals surface area contributed by atoms with Crippen LogP contribution in [0.25, 0.3) is 11.0 Å². The maximum Gasteiger partial charge on any atom is 0.320 e. The van der Waals surface area contributed by atoms with E-state index in [9.17, 15) is 9.59 Å². The number of carbonyl (C=O) groups excluding carboxylic acids is 2. The molecule has 26 heavy (non-hydrogen) atoms. The second-order valence-corrected chi connectivity index (χ2v) is 6.44. The molecule has 5 N–H and O–H groups in total. The molecule has 0 aromatic carbocycles. The molecule has 1 unspecified atom stereocenters. The minimum absolute atomic E-state index is 0.0983. The van der Waals surface area contributed by atoms with Gasteiger partial charge in [0.2, 0.25) is 0 Å². The number of rotatable bonds is 6. The lowest BCUT2D eigenvalue weighted by molar-refractivity contribution is -0.102. The van der Waals surface area contributed by atoms with Crippen LogP contribution in [0.2, 0.25) is 0 Å². The van der Waals surface area contributed by atoms with Crippen LogP contribution in [0.5, 0.6) is 0 Å². The fraction of sp³-hybridized carbons (Fsp3) is 0.389. The highest BCUT2D eigenvalue weighted by molar-refractivity contribution is 6.29. The lowest BCUT2D eigenvalue weighted by Gasteiger charge is -2.14. The fourth-order valence-corrected chi connectivity index (χ4v) is 3.22. The molecular formula is C18H22N6O2. The summed E-state index contributed by atoms with van der Waals surface area (Å²) in [5.74, 6) is -0.102. The lowest BCUT2D eigenvalue weighted by Crippen LogP contribution is -2.36. The zero-order valence-corrected chi connectivity index (χ0v) is 14.4. The first-order chi connectivity index (χ1) is 12.6. The average Bonchev–Trinajstić information content (AvgIpc) is 3.14. The topological polar surface area (TPSA) is 134 Å². The van der Waals surface area contributed by atoms with E-state index in [1.54, 1.807) is 24.4 Å². The van der Waals surface area contributed by atoms with Crippen molar-refractivity contribution in [3.63, 3.8) is 0 Å². The first-order valence-electron chi connectivity index (χ1n) is 8.68. The van der Waals surface area contributed by atoms with Crippen LogP contribution in [0.15, 0.2) is 24.4 Å². The second kappa shape index (κ2) is 8.01. The van der Waals surface area contributed by atoms with Gasteiger partial charge >= 0.3 is 6.03 Å². The Labute approximate surface area is 151 Å². The van der Waals surface area contributed by atoms with Crippen LogP contribution in [0.1, 0.15) is 37.2 Å². The van der Waals surface area contributed by atoms with Crippen molar-refractivity contribution >= 4 is 34.9 Å². The van der Waals surface area contributed by atoms with Crippen molar-refractivity contribution < 1.29 is 9.59 Å². The molecule has 2 heterocycles. The lowest BCUT2D eigenvalue weighted by atomic mass is 9.96. The van der Waals surface area contributed by atoms with Crippen LogP contribution in [-0.2, 0) is 4.79 Å². The standard InChI is InChI=1S/C18H22N6O2/c19-8-13(14(20)10-25)11-7-16-15(21-9-11)5-6-17(23-16)24-18(26)22-12-3-1-2-4-12/h5-7,9-10,12-13,20H,1-4,8,19H2,(H2,22,23,24,26). The van der Waals surface area contributed by atoms with Crippen LogP contribution in [0, 0.1) is 5.41 Å². The number of hydrogen-bond acceptors (Lipinski definition) is 6. The molecule has 1 aliphatic rings. The van der Waals surface area contributed by atoms with Crippen molar-refractivity contribution in [2.24, 2.45) is 5.73 Å². The van der Waals surface area contributed by atoms with E-state index in [0.717, 1.165) is 25.7 Å². The van der Waals surface area contributed by atoms with Crippen molar-refractivity contribution in [3.8, 4) is 0 Å². The van der Waals surface area contributed by atoms with Crippen molar-refractivity contribution in [1.29, 1.82) is 5.41 Å². The number of amides is 2. The number of aromatic nitrogens is 2. The van der Waals surface area contributed by atoms with E-state index in [1.807, 2.05) is 0 Å². The smallest absolute Gasteiger partial charge is 0.320 e. The van der Waals surface area contributed by atoms with Gasteiger partial charge in [0.15, 0.2) is 6.29 Å². The van der Waals surface area contributed by atoms with Crippen LogP contribution in [-0.4, -0.2) is 40.6 Å². The molecule has 8 heteroatoms. The number of carbonyl (C=O) groups is 2. The van der Waals surface area contributed by atoms with E-state index in [-0.39, 0.29) is 24.3 Å². The van der Waals surface area contributed by atoms with Gasteiger partial charge in [-0.1, -0.05) is 12.8 Å². The molecule has 0 aliphatic heterocycles. The second-order valence-electron chi connectivity index (χ2n) is 6.44. The Morgan fingerprint density at radius 3 is 2.81 bits per heavy atom. The fourth-order valence-electron chi connectivity index (χ4n) is 3.22. The third kappa shape index (κ3) is 4.02. The normalized spacial score (nSPS) is 15.6. The Hall–Kier alpha value is -2.87. The largest absolute Gasteiger partial charge is 0.335 e. The molecule has 2 aromatic heterocycles. The number of fused-ring (bicyclic) bond motifs is 1. The SMILES string of the molecule is N=C(C=O)C(CN)c1cnc2ccc(NC(=O)NC3CCCC3)nc2c1. The molecule has 8 nitrogen and oxygen atoms in total. The molecule has 3 rings (SSSR count). The zero-order chi connectivity index (χ0) is 18.5. The highest BCUT2D eigenvalue weighted by Gasteiger charge is 2.18. The highest BCUT2D eigenvalue weighted by atomic mass is 16.2. The Balaban J connectivity index is 1.78. The summed E-state index contributed by atoms with van der Waals surface area (Å²) in [6.07, 6.45) is 6.39. The summed E-state index contributed by atoms with van der Waals surface area (Å²) in [5.41, 5.74) is 7.46. The molecule has 2 amide bonds. The highest BCUT2D eigenvalue weighted by Crippen LogP contribution is 2.21. The number of urea groups is 1. The molecule has 0 saturated heterocycles. The molecule has 1 aliphatic carbocycles. The van der Waals surface area contributed by atoms with Gasteiger partial charge in [0, 0.05) is 24.7 Å². The van der Waals surface area contributed by atoms with Crippen LogP contribution >= 0.6 is 0 Å². The van der Waals surface area contributed by atoms with E-state index >= 15 is 0 Å². The Morgan fingerprint density at radius 1 is 1.35 bits per heavy atom. The quantitative estimate of drug-likeness (QED) is 0.465. The number of nitrogens with zero attached hydrogens (tertiary/aromatic N) is 2. The molecular weight excluding hydrogens is 332 g/mol. The minimum Gasteiger partial charge on any atom is -0.335 e. The zero-order valence-electron chi connectivity index (χ0n) is 14.4. The van der Waals surface area contributed by atoms with Crippen molar-refractivity contribution in [3.05, 3.63) is 30.0 Å². The molecule has 0 bridgehead atoms. The van der Waals surface area contributed by atoms with E-state index in [4.69, 9.17) is 11.1 Å². The minimum atomic E-state index is -0.520. The van der Waals surface area contributed by atoms with Crippen LogP contribution in [0.3, 0.4) is 0 Å². The van der Waals surface area contributed by atoms with E-state index in [2.05, 4.69) is 20.6 Å². The van der Waals surface area contributed by atoms with Crippen LogP contribution in [0.4, 0.5) is 10.6 Å². The van der Waals surface area contributed by atoms with Gasteiger partial charge in [0.05, 0.1) is 16.7 Å². The summed E-state index contributed by atoms with van der Waals surface area (Å²) in [5, 5.41) is 13.4. The first-order valence-corrected chi connectivity index (χ1v) is 8.68. The Kier molecular flexibility index (Phi) is 5.52. The summed E-state index contributed by atoms with van der Waals surface area (Å²) in [4.78, 5) is 31.7. The number of nitrogens with one attached hydrogen (secondary N) is 3. The molecule has 0 spiro atoms. The Morgan fingerprint density at radius 2 is 2.12 bits per heavy atom. The number of hydrogen-bond donors (Lipinski definition) is 4. The maximum atomic E-state index is 12.1. The first kappa shape index (κ1) is 17.9. The predicted octanol–water partition coefficient (Wildman–Crippen LogP) is 1.95. The number of nitrogens with two attached hydrogens (primary N) is 1.